The third kappa shape index (κ3) is 3.97. The molecule has 33 heavy (non-hydrogen) atoms. The van der Waals surface area contributed by atoms with Crippen molar-refractivity contribution in [3.63, 3.8) is 0 Å². The number of nitrogens with one attached hydrogen (secondary N) is 4. The summed E-state index contributed by atoms with van der Waals surface area (Å²) in [7, 11) is 0. The van der Waals surface area contributed by atoms with E-state index in [1.807, 2.05) is 0 Å². The Labute approximate surface area is 195 Å². The number of carboxylic acids is 1. The molecule has 3 saturated heterocycles. The minimum absolute atomic E-state index is 0.263. The van der Waals surface area contributed by atoms with E-state index in [9.17, 15) is 33.9 Å². The largest absolute Gasteiger partial charge is 0.480 e. The maximum atomic E-state index is 13.1. The normalized spacial score (nSPS) is 26.2. The Kier molecular flexibility index (Phi) is 5.69. The zero-order valence-corrected chi connectivity index (χ0v) is 19.0. The van der Waals surface area contributed by atoms with Crippen molar-refractivity contribution in [2.75, 3.05) is 6.54 Å². The highest BCUT2D eigenvalue weighted by Crippen LogP contribution is 2.50. The third-order valence-electron chi connectivity index (χ3n) is 5.39. The number of hydrazine groups is 1. The van der Waals surface area contributed by atoms with Gasteiger partial charge >= 0.3 is 18.0 Å². The number of thioether (sulfide) groups is 1. The number of imide groups is 1. The van der Waals surface area contributed by atoms with Crippen molar-refractivity contribution in [3.05, 3.63) is 22.4 Å². The average Bonchev–Trinajstić information content (AvgIpc) is 3.43. The minimum atomic E-state index is -1.22. The van der Waals surface area contributed by atoms with E-state index in [0.717, 1.165) is 0 Å². The minimum Gasteiger partial charge on any atom is -0.480 e. The quantitative estimate of drug-likeness (QED) is 0.251. The molecule has 3 aliphatic rings. The lowest BCUT2D eigenvalue weighted by Gasteiger charge is -2.43. The van der Waals surface area contributed by atoms with Crippen molar-refractivity contribution < 1.29 is 33.9 Å². The number of rotatable bonds is 6. The van der Waals surface area contributed by atoms with Crippen LogP contribution in [-0.2, 0) is 19.2 Å². The number of carbonyl (C=O) groups is 6. The number of carboxylic acid groups (broad SMARTS) is 1. The Morgan fingerprint density at radius 2 is 2.00 bits per heavy atom. The van der Waals surface area contributed by atoms with E-state index in [-0.39, 0.29) is 6.54 Å². The first-order valence-corrected chi connectivity index (χ1v) is 11.5. The number of aliphatic carboxylic acids is 1. The van der Waals surface area contributed by atoms with Gasteiger partial charge in [0.05, 0.1) is 0 Å². The van der Waals surface area contributed by atoms with E-state index in [4.69, 9.17) is 0 Å². The number of nitrogens with zero attached hydrogens (tertiary/aromatic N) is 2. The fraction of sp³-hybridized carbons (Fsp3) is 0.444. The van der Waals surface area contributed by atoms with Gasteiger partial charge in [0, 0.05) is 9.62 Å². The van der Waals surface area contributed by atoms with Crippen molar-refractivity contribution in [2.45, 2.75) is 42.1 Å². The van der Waals surface area contributed by atoms with E-state index in [0.29, 0.717) is 9.89 Å². The molecule has 0 aromatic carbocycles. The first-order valence-electron chi connectivity index (χ1n) is 9.76. The molecule has 3 fully saturated rings. The number of carbonyl (C=O) groups excluding carboxylic acids is 5. The van der Waals surface area contributed by atoms with E-state index >= 15 is 0 Å². The summed E-state index contributed by atoms with van der Waals surface area (Å²) in [6, 6.07) is -1.70. The van der Waals surface area contributed by atoms with E-state index in [1.165, 1.54) is 28.0 Å². The molecule has 4 heterocycles. The molecule has 0 aliphatic carbocycles. The molecule has 4 atom stereocenters. The van der Waals surface area contributed by atoms with Crippen LogP contribution in [0.3, 0.4) is 0 Å². The van der Waals surface area contributed by atoms with Crippen LogP contribution in [-0.4, -0.2) is 79.5 Å². The van der Waals surface area contributed by atoms with Gasteiger partial charge in [-0.1, -0.05) is 6.07 Å². The van der Waals surface area contributed by atoms with Gasteiger partial charge in [0.2, 0.25) is 11.8 Å². The maximum absolute atomic E-state index is 13.1. The summed E-state index contributed by atoms with van der Waals surface area (Å²) < 4.78 is -0.750. The Bertz CT molecular complexity index is 1030. The zero-order chi connectivity index (χ0) is 24.1. The number of hydrogen-bond acceptors (Lipinski definition) is 8. The number of β-lactam (4-membered cyclic amide) rings is 1. The van der Waals surface area contributed by atoms with Gasteiger partial charge in [-0.25, -0.2) is 19.8 Å². The van der Waals surface area contributed by atoms with Gasteiger partial charge in [-0.05, 0) is 25.3 Å². The monoisotopic (exact) mass is 496 g/mol. The molecular weight excluding hydrogens is 476 g/mol. The zero-order valence-electron chi connectivity index (χ0n) is 17.4. The average molecular weight is 497 g/mol. The molecule has 13 nitrogen and oxygen atoms in total. The van der Waals surface area contributed by atoms with Crippen LogP contribution in [0.25, 0.3) is 0 Å². The molecule has 1 aromatic heterocycles. The molecule has 0 saturated carbocycles. The molecule has 4 rings (SSSR count). The second kappa shape index (κ2) is 8.22. The Morgan fingerprint density at radius 1 is 1.27 bits per heavy atom. The lowest BCUT2D eigenvalue weighted by Crippen LogP contribution is -2.71. The van der Waals surface area contributed by atoms with Crippen LogP contribution >= 0.6 is 23.1 Å². The fourth-order valence-electron chi connectivity index (χ4n) is 3.90. The standard InChI is InChI=1S/C18H20N6O7S2/c1-18(2)11(15(28)29)23-13(27)10(14(23)33-18)20-12(26)9(7-4-3-5-32-7)21-16(30)22-24-8(25)6-19-17(24)31/h3-5,9-11,14H,6H2,1-2H3,(H,19,31)(H,20,26)(H,28,29)(H2,21,22,30)/t9?,10-,11?,14?/m0/s1. The highest BCUT2D eigenvalue weighted by molar-refractivity contribution is 8.01. The summed E-state index contributed by atoms with van der Waals surface area (Å²) in [5, 5.41) is 18.4. The topological polar surface area (TPSA) is 177 Å². The molecule has 3 aliphatic heterocycles. The number of thiophene rings is 1. The summed E-state index contributed by atoms with van der Waals surface area (Å²) in [6.07, 6.45) is 0. The van der Waals surface area contributed by atoms with Crippen molar-refractivity contribution >= 4 is 58.9 Å². The van der Waals surface area contributed by atoms with Crippen molar-refractivity contribution in [1.82, 2.24) is 31.3 Å². The second-order valence-corrected chi connectivity index (χ2v) is 10.8. The van der Waals surface area contributed by atoms with Gasteiger partial charge in [0.1, 0.15) is 30.0 Å². The van der Waals surface area contributed by atoms with Crippen molar-refractivity contribution in [2.24, 2.45) is 0 Å². The number of fused-ring (bicyclic) bond motifs is 1. The molecule has 0 spiro atoms. The predicted octanol–water partition coefficient (Wildman–Crippen LogP) is -0.813. The second-order valence-electron chi connectivity index (χ2n) is 8.01. The van der Waals surface area contributed by atoms with Crippen LogP contribution in [0.5, 0.6) is 0 Å². The molecule has 15 heteroatoms. The van der Waals surface area contributed by atoms with Crippen molar-refractivity contribution in [1.29, 1.82) is 0 Å². The van der Waals surface area contributed by atoms with E-state index in [2.05, 4.69) is 21.4 Å². The van der Waals surface area contributed by atoms with Gasteiger partial charge in [0.25, 0.3) is 5.91 Å². The van der Waals surface area contributed by atoms with Gasteiger partial charge in [-0.2, -0.15) is 5.01 Å². The van der Waals surface area contributed by atoms with Crippen LogP contribution < -0.4 is 21.4 Å². The smallest absolute Gasteiger partial charge is 0.343 e. The van der Waals surface area contributed by atoms with Crippen LogP contribution in [0.15, 0.2) is 17.5 Å². The summed E-state index contributed by atoms with van der Waals surface area (Å²) in [6.45, 7) is 3.18. The molecule has 0 radical (unpaired) electrons. The van der Waals surface area contributed by atoms with Crippen LogP contribution in [0, 0.1) is 0 Å². The molecule has 176 valence electrons. The summed E-state index contributed by atoms with van der Waals surface area (Å²) >= 11 is 2.46. The van der Waals surface area contributed by atoms with E-state index in [1.54, 1.807) is 31.4 Å². The Hall–Kier alpha value is -3.33. The predicted molar refractivity (Wildman–Crippen MR) is 115 cm³/mol. The number of amides is 7. The SMILES string of the molecule is CC1(C)SC2[C@@H](NC(=O)C(NC(=O)NN3C(=O)CNC3=O)c3cccs3)C(=O)N2C1C(=O)O. The Morgan fingerprint density at radius 3 is 2.58 bits per heavy atom. The summed E-state index contributed by atoms with van der Waals surface area (Å²) in [4.78, 5) is 74.8. The first-order chi connectivity index (χ1) is 15.5. The molecule has 5 N–H and O–H groups in total. The number of urea groups is 2. The molecular formula is C18H20N6O7S2. The third-order valence-corrected chi connectivity index (χ3v) is 7.90. The van der Waals surface area contributed by atoms with Crippen molar-refractivity contribution in [3.8, 4) is 0 Å². The van der Waals surface area contributed by atoms with Crippen LogP contribution in [0.1, 0.15) is 24.8 Å². The fourth-order valence-corrected chi connectivity index (χ4v) is 6.30. The Balaban J connectivity index is 1.46. The molecule has 1 aromatic rings. The first kappa shape index (κ1) is 22.8. The maximum Gasteiger partial charge on any atom is 0.343 e. The van der Waals surface area contributed by atoms with Gasteiger partial charge in [0.15, 0.2) is 0 Å². The van der Waals surface area contributed by atoms with E-state index < -0.39 is 64.0 Å². The van der Waals surface area contributed by atoms with Gasteiger partial charge in [-0.3, -0.25) is 14.4 Å². The molecule has 7 amide bonds. The summed E-state index contributed by atoms with van der Waals surface area (Å²) in [5.74, 6) is -3.00. The molecule has 0 bridgehead atoms. The lowest BCUT2D eigenvalue weighted by atomic mass is 9.96. The summed E-state index contributed by atoms with van der Waals surface area (Å²) in [5.41, 5.74) is 2.08. The lowest BCUT2D eigenvalue weighted by molar-refractivity contribution is -0.161. The number of hydrogen-bond donors (Lipinski definition) is 5. The molecule has 3 unspecified atom stereocenters. The van der Waals surface area contributed by atoms with Gasteiger partial charge in [-0.15, -0.1) is 23.1 Å². The van der Waals surface area contributed by atoms with Gasteiger partial charge < -0.3 is 26.0 Å². The van der Waals surface area contributed by atoms with Crippen LogP contribution in [0.2, 0.25) is 0 Å². The van der Waals surface area contributed by atoms with Crippen LogP contribution in [0.4, 0.5) is 9.59 Å². The highest BCUT2D eigenvalue weighted by Gasteiger charge is 2.64. The highest BCUT2D eigenvalue weighted by atomic mass is 32.2.